The van der Waals surface area contributed by atoms with Crippen molar-refractivity contribution in [2.24, 2.45) is 0 Å². The summed E-state index contributed by atoms with van der Waals surface area (Å²) in [6.45, 7) is -0.239. The van der Waals surface area contributed by atoms with Gasteiger partial charge in [0.2, 0.25) is 12.5 Å². The van der Waals surface area contributed by atoms with Gasteiger partial charge in [-0.2, -0.15) is 8.42 Å². The van der Waals surface area contributed by atoms with Gasteiger partial charge in [0.25, 0.3) is 5.91 Å². The third-order valence-corrected chi connectivity index (χ3v) is 6.17. The van der Waals surface area contributed by atoms with E-state index in [-0.39, 0.29) is 23.9 Å². The number of phenolic OH excluding ortho intramolecular Hbond substituents is 1. The highest BCUT2D eigenvalue weighted by molar-refractivity contribution is 7.82. The number of hydrogen-bond acceptors (Lipinski definition) is 11. The van der Waals surface area contributed by atoms with E-state index in [0.717, 1.165) is 0 Å². The summed E-state index contributed by atoms with van der Waals surface area (Å²) in [6.07, 6.45) is -6.91. The van der Waals surface area contributed by atoms with Crippen LogP contribution in [0.5, 0.6) is 17.2 Å². The molecular weight excluding hydrogens is 390 g/mol. The summed E-state index contributed by atoms with van der Waals surface area (Å²) in [4.78, 5) is 12.5. The van der Waals surface area contributed by atoms with Crippen LogP contribution in [0, 0.1) is 0 Å². The van der Waals surface area contributed by atoms with Crippen molar-refractivity contribution in [1.82, 2.24) is 5.32 Å². The molecule has 0 aromatic heterocycles. The van der Waals surface area contributed by atoms with Gasteiger partial charge in [0, 0.05) is 5.56 Å². The Morgan fingerprint density at radius 3 is 2.67 bits per heavy atom. The molecule has 3 heterocycles. The highest BCUT2D eigenvalue weighted by Crippen LogP contribution is 2.53. The number of aliphatic hydroxyl groups is 3. The highest BCUT2D eigenvalue weighted by Gasteiger charge is 2.68. The van der Waals surface area contributed by atoms with E-state index >= 15 is 0 Å². The average Bonchev–Trinajstić information content (AvgIpc) is 3.20. The van der Waals surface area contributed by atoms with Crippen molar-refractivity contribution in [1.29, 1.82) is 0 Å². The molecule has 6 atom stereocenters. The summed E-state index contributed by atoms with van der Waals surface area (Å²) in [5.41, 5.74) is -3.01. The molecule has 1 aliphatic carbocycles. The van der Waals surface area contributed by atoms with Crippen LogP contribution < -0.4 is 14.8 Å². The van der Waals surface area contributed by atoms with Gasteiger partial charge in [-0.1, -0.05) is 0 Å². The molecule has 0 spiro atoms. The molecule has 1 aromatic rings. The smallest absolute Gasteiger partial charge is 0.400 e. The Kier molecular flexibility index (Phi) is 3.15. The van der Waals surface area contributed by atoms with Gasteiger partial charge in [0.15, 0.2) is 11.5 Å². The minimum atomic E-state index is -4.57. The van der Waals surface area contributed by atoms with E-state index in [4.69, 9.17) is 13.7 Å². The van der Waals surface area contributed by atoms with Gasteiger partial charge in [-0.05, 0) is 6.07 Å². The topological polar surface area (TPSA) is 181 Å². The first kappa shape index (κ1) is 17.0. The first-order valence-corrected chi connectivity index (χ1v) is 9.15. The van der Waals surface area contributed by atoms with Gasteiger partial charge in [0.1, 0.15) is 30.0 Å². The second-order valence-electron chi connectivity index (χ2n) is 6.63. The zero-order chi connectivity index (χ0) is 19.3. The van der Waals surface area contributed by atoms with E-state index in [2.05, 4.69) is 9.50 Å². The SMILES string of the molecule is O=C1N[C@H]2[C@H](O)[C@H](O)[C@H]3OS(=O)(=O)O[C@H]3[C@]2(O)c2cc3c(c(O)c21)OCO3. The molecule has 0 radical (unpaired) electrons. The minimum Gasteiger partial charge on any atom is -0.504 e. The summed E-state index contributed by atoms with van der Waals surface area (Å²) >= 11 is 0. The number of hydrogen-bond donors (Lipinski definition) is 5. The van der Waals surface area contributed by atoms with E-state index < -0.39 is 63.7 Å². The van der Waals surface area contributed by atoms with Crippen LogP contribution in [0.15, 0.2) is 6.07 Å². The Labute approximate surface area is 151 Å². The van der Waals surface area contributed by atoms with Gasteiger partial charge in [-0.3, -0.25) is 4.79 Å². The normalized spacial score (nSPS) is 40.7. The molecule has 1 saturated carbocycles. The largest absolute Gasteiger partial charge is 0.504 e. The predicted octanol–water partition coefficient (Wildman–Crippen LogP) is -2.82. The van der Waals surface area contributed by atoms with Crippen molar-refractivity contribution in [2.75, 3.05) is 6.79 Å². The number of fused-ring (bicyclic) bond motifs is 6. The lowest BCUT2D eigenvalue weighted by atomic mass is 9.66. The maximum Gasteiger partial charge on any atom is 0.400 e. The van der Waals surface area contributed by atoms with Crippen LogP contribution in [0.1, 0.15) is 15.9 Å². The van der Waals surface area contributed by atoms with Gasteiger partial charge in [0.05, 0.1) is 11.6 Å². The van der Waals surface area contributed by atoms with Crippen LogP contribution in [0.2, 0.25) is 0 Å². The van der Waals surface area contributed by atoms with Crippen LogP contribution in [0.25, 0.3) is 0 Å². The van der Waals surface area contributed by atoms with E-state index in [1.54, 1.807) is 0 Å². The monoisotopic (exact) mass is 403 g/mol. The molecule has 1 saturated heterocycles. The molecule has 27 heavy (non-hydrogen) atoms. The number of aliphatic hydroxyl groups excluding tert-OH is 2. The van der Waals surface area contributed by atoms with Gasteiger partial charge in [-0.25, -0.2) is 8.37 Å². The van der Waals surface area contributed by atoms with Gasteiger partial charge < -0.3 is 35.2 Å². The van der Waals surface area contributed by atoms with Crippen molar-refractivity contribution in [3.05, 3.63) is 17.2 Å². The van der Waals surface area contributed by atoms with Crippen molar-refractivity contribution in [3.63, 3.8) is 0 Å². The lowest BCUT2D eigenvalue weighted by molar-refractivity contribution is -0.203. The molecule has 1 aromatic carbocycles. The van der Waals surface area contributed by atoms with Crippen molar-refractivity contribution in [3.8, 4) is 17.2 Å². The third-order valence-electron chi connectivity index (χ3n) is 5.27. The molecule has 5 N–H and O–H groups in total. The van der Waals surface area contributed by atoms with Crippen LogP contribution in [-0.2, 0) is 24.4 Å². The Balaban J connectivity index is 1.78. The van der Waals surface area contributed by atoms with E-state index in [1.807, 2.05) is 0 Å². The number of aromatic hydroxyl groups is 1. The summed E-state index contributed by atoms with van der Waals surface area (Å²) < 4.78 is 43.3. The first-order valence-electron chi connectivity index (χ1n) is 7.82. The molecule has 0 unspecified atom stereocenters. The summed E-state index contributed by atoms with van der Waals surface area (Å²) in [6, 6.07) is -0.357. The number of rotatable bonds is 0. The molecule has 12 nitrogen and oxygen atoms in total. The van der Waals surface area contributed by atoms with Crippen molar-refractivity contribution in [2.45, 2.75) is 36.1 Å². The first-order chi connectivity index (χ1) is 12.6. The Bertz CT molecular complexity index is 978. The second kappa shape index (κ2) is 5.01. The number of phenols is 1. The predicted molar refractivity (Wildman–Crippen MR) is 80.1 cm³/mol. The maximum atomic E-state index is 12.5. The summed E-state index contributed by atoms with van der Waals surface area (Å²) in [5.74, 6) is -1.60. The Morgan fingerprint density at radius 1 is 1.19 bits per heavy atom. The highest BCUT2D eigenvalue weighted by atomic mass is 32.3. The van der Waals surface area contributed by atoms with Crippen molar-refractivity contribution >= 4 is 16.3 Å². The molecule has 4 aliphatic rings. The zero-order valence-corrected chi connectivity index (χ0v) is 14.0. The van der Waals surface area contributed by atoms with Crippen LogP contribution >= 0.6 is 0 Å². The summed E-state index contributed by atoms with van der Waals surface area (Å²) in [7, 11) is -4.57. The number of carbonyl (C=O) groups is 1. The molecule has 1 amide bonds. The fraction of sp³-hybridized carbons (Fsp3) is 0.500. The van der Waals surface area contributed by atoms with Crippen molar-refractivity contribution < 1.29 is 51.5 Å². The molecule has 146 valence electrons. The number of benzene rings is 1. The number of carbonyl (C=O) groups excluding carboxylic acids is 1. The fourth-order valence-corrected chi connectivity index (χ4v) is 5.12. The quantitative estimate of drug-likeness (QED) is 0.301. The fourth-order valence-electron chi connectivity index (χ4n) is 4.08. The lowest BCUT2D eigenvalue weighted by Gasteiger charge is -2.51. The Hall–Kier alpha value is -2.16. The second-order valence-corrected chi connectivity index (χ2v) is 7.83. The molecule has 2 fully saturated rings. The third kappa shape index (κ3) is 1.98. The number of amides is 1. The van der Waals surface area contributed by atoms with E-state index in [0.29, 0.717) is 0 Å². The maximum absolute atomic E-state index is 12.5. The number of ether oxygens (including phenoxy) is 2. The minimum absolute atomic E-state index is 0.00654. The van der Waals surface area contributed by atoms with Crippen LogP contribution in [-0.4, -0.2) is 72.0 Å². The van der Waals surface area contributed by atoms with Gasteiger partial charge in [-0.15, -0.1) is 0 Å². The van der Waals surface area contributed by atoms with Gasteiger partial charge >= 0.3 is 10.4 Å². The van der Waals surface area contributed by atoms with E-state index in [9.17, 15) is 33.6 Å². The van der Waals surface area contributed by atoms with Crippen LogP contribution in [0.4, 0.5) is 0 Å². The average molecular weight is 403 g/mol. The van der Waals surface area contributed by atoms with E-state index in [1.165, 1.54) is 6.07 Å². The molecule has 0 bridgehead atoms. The molecular formula is C14H13NO11S. The lowest BCUT2D eigenvalue weighted by Crippen LogP contribution is -2.74. The van der Waals surface area contributed by atoms with Crippen LogP contribution in [0.3, 0.4) is 0 Å². The molecule has 13 heteroatoms. The molecule has 5 rings (SSSR count). The standard InChI is InChI=1S/C14H13NO11S/c16-6-5-3(1-4-9(6)24-2-23-4)14(20)11(15-13(5)19)8(18)7(17)10-12(14)26-27(21,22)25-10/h1,7-8,10-12,16-18,20H,2H2,(H,15,19)/t7-,8+,10+,11-,12+,14-/m0/s1. The summed E-state index contributed by atoms with van der Waals surface area (Å²) in [5, 5.41) is 44.7. The molecule has 3 aliphatic heterocycles. The Morgan fingerprint density at radius 2 is 1.93 bits per heavy atom. The number of nitrogens with one attached hydrogen (secondary N) is 1. The zero-order valence-electron chi connectivity index (χ0n) is 13.2.